The third kappa shape index (κ3) is 1.06. The van der Waals surface area contributed by atoms with Gasteiger partial charge in [-0.3, -0.25) is 0 Å². The molecule has 1 aromatic heterocycles. The minimum absolute atomic E-state index is 0.0737. The Morgan fingerprint density at radius 3 is 3.00 bits per heavy atom. The van der Waals surface area contributed by atoms with Gasteiger partial charge in [-0.25, -0.2) is 0 Å². The van der Waals surface area contributed by atoms with Gasteiger partial charge in [0.1, 0.15) is 0 Å². The molecule has 0 amide bonds. The maximum absolute atomic E-state index is 9.01. The Balaban J connectivity index is 2.81. The topological polar surface area (TPSA) is 36.0 Å². The molecule has 0 bridgehead atoms. The largest absolute Gasteiger partial charge is 0.392 e. The van der Waals surface area contributed by atoms with Crippen LogP contribution in [0.5, 0.6) is 0 Å². The Morgan fingerprint density at radius 1 is 1.42 bits per heavy atom. The Bertz CT molecular complexity index is 408. The first-order valence-corrected chi connectivity index (χ1v) is 4.47. The van der Waals surface area contributed by atoms with E-state index in [4.69, 9.17) is 5.11 Å². The first-order valence-electron chi connectivity index (χ1n) is 3.68. The van der Waals surface area contributed by atoms with Crippen LogP contribution in [0.2, 0.25) is 0 Å². The van der Waals surface area contributed by atoms with Crippen molar-refractivity contribution in [2.75, 3.05) is 0 Å². The summed E-state index contributed by atoms with van der Waals surface area (Å²) < 4.78 is 1.04. The number of benzene rings is 1. The molecular weight excluding hydrogens is 218 g/mol. The number of aliphatic hydroxyl groups is 1. The van der Waals surface area contributed by atoms with Crippen molar-refractivity contribution in [3.05, 3.63) is 34.4 Å². The highest BCUT2D eigenvalue weighted by atomic mass is 79.9. The van der Waals surface area contributed by atoms with E-state index in [1.54, 1.807) is 0 Å². The molecule has 0 unspecified atom stereocenters. The van der Waals surface area contributed by atoms with Crippen LogP contribution in [0.3, 0.4) is 0 Å². The van der Waals surface area contributed by atoms with E-state index in [1.165, 1.54) is 0 Å². The van der Waals surface area contributed by atoms with Gasteiger partial charge in [-0.1, -0.05) is 18.2 Å². The van der Waals surface area contributed by atoms with E-state index in [-0.39, 0.29) is 6.61 Å². The van der Waals surface area contributed by atoms with Gasteiger partial charge in [-0.05, 0) is 15.9 Å². The Morgan fingerprint density at radius 2 is 2.25 bits per heavy atom. The number of aromatic amines is 1. The van der Waals surface area contributed by atoms with Crippen LogP contribution >= 0.6 is 15.9 Å². The van der Waals surface area contributed by atoms with Crippen LogP contribution in [0.25, 0.3) is 10.9 Å². The zero-order valence-electron chi connectivity index (χ0n) is 6.34. The van der Waals surface area contributed by atoms with E-state index in [1.807, 2.05) is 24.4 Å². The highest BCUT2D eigenvalue weighted by Gasteiger charge is 2.03. The van der Waals surface area contributed by atoms with Crippen molar-refractivity contribution >= 4 is 26.8 Å². The fourth-order valence-corrected chi connectivity index (χ4v) is 1.76. The van der Waals surface area contributed by atoms with Crippen LogP contribution in [0.15, 0.2) is 28.9 Å². The third-order valence-corrected chi connectivity index (χ3v) is 2.58. The van der Waals surface area contributed by atoms with Crippen molar-refractivity contribution in [3.63, 3.8) is 0 Å². The number of rotatable bonds is 1. The molecule has 2 rings (SSSR count). The van der Waals surface area contributed by atoms with Gasteiger partial charge in [-0.15, -0.1) is 0 Å². The summed E-state index contributed by atoms with van der Waals surface area (Å²) in [7, 11) is 0. The summed E-state index contributed by atoms with van der Waals surface area (Å²) >= 11 is 3.42. The Labute approximate surface area is 78.3 Å². The summed E-state index contributed by atoms with van der Waals surface area (Å²) in [4.78, 5) is 3.10. The number of aromatic nitrogens is 1. The minimum Gasteiger partial charge on any atom is -0.392 e. The molecule has 0 saturated heterocycles. The standard InChI is InChI=1S/C9H8BrNO/c10-8-4-11-9-6(5-12)2-1-3-7(8)9/h1-4,11-12H,5H2. The highest BCUT2D eigenvalue weighted by molar-refractivity contribution is 9.10. The summed E-state index contributed by atoms with van der Waals surface area (Å²) in [6, 6.07) is 5.85. The molecule has 0 fully saturated rings. The van der Waals surface area contributed by atoms with Crippen LogP contribution in [0, 0.1) is 0 Å². The second-order valence-corrected chi connectivity index (χ2v) is 3.49. The molecule has 1 heterocycles. The summed E-state index contributed by atoms with van der Waals surface area (Å²) in [5.41, 5.74) is 1.94. The molecule has 0 saturated carbocycles. The van der Waals surface area contributed by atoms with E-state index in [0.29, 0.717) is 0 Å². The molecule has 0 atom stereocenters. The minimum atomic E-state index is 0.0737. The predicted octanol–water partition coefficient (Wildman–Crippen LogP) is 2.42. The lowest BCUT2D eigenvalue weighted by atomic mass is 10.1. The Hall–Kier alpha value is -0.800. The second kappa shape index (κ2) is 2.92. The summed E-state index contributed by atoms with van der Waals surface area (Å²) in [6.45, 7) is 0.0737. The zero-order chi connectivity index (χ0) is 8.55. The van der Waals surface area contributed by atoms with E-state index >= 15 is 0 Å². The molecule has 62 valence electrons. The fourth-order valence-electron chi connectivity index (χ4n) is 1.31. The third-order valence-electron chi connectivity index (χ3n) is 1.92. The van der Waals surface area contributed by atoms with Gasteiger partial charge in [0, 0.05) is 21.6 Å². The molecule has 2 aromatic rings. The fraction of sp³-hybridized carbons (Fsp3) is 0.111. The molecule has 2 nitrogen and oxygen atoms in total. The van der Waals surface area contributed by atoms with Crippen molar-refractivity contribution in [1.82, 2.24) is 4.98 Å². The predicted molar refractivity (Wildman–Crippen MR) is 51.9 cm³/mol. The van der Waals surface area contributed by atoms with Crippen LogP contribution in [-0.2, 0) is 6.61 Å². The SMILES string of the molecule is OCc1cccc2c(Br)c[nH]c12. The first-order chi connectivity index (χ1) is 5.83. The van der Waals surface area contributed by atoms with Gasteiger partial charge >= 0.3 is 0 Å². The number of aliphatic hydroxyl groups excluding tert-OH is 1. The first kappa shape index (κ1) is 7.83. The molecule has 0 spiro atoms. The number of H-pyrrole nitrogens is 1. The van der Waals surface area contributed by atoms with Crippen LogP contribution in [-0.4, -0.2) is 10.1 Å². The number of hydrogen-bond acceptors (Lipinski definition) is 1. The lowest BCUT2D eigenvalue weighted by Crippen LogP contribution is -1.83. The maximum atomic E-state index is 9.01. The van der Waals surface area contributed by atoms with Crippen molar-refractivity contribution in [3.8, 4) is 0 Å². The van der Waals surface area contributed by atoms with E-state index in [2.05, 4.69) is 20.9 Å². The van der Waals surface area contributed by atoms with Crippen molar-refractivity contribution in [1.29, 1.82) is 0 Å². The highest BCUT2D eigenvalue weighted by Crippen LogP contribution is 2.25. The van der Waals surface area contributed by atoms with E-state index in [0.717, 1.165) is 20.9 Å². The molecule has 1 aromatic carbocycles. The van der Waals surface area contributed by atoms with Gasteiger partial charge < -0.3 is 10.1 Å². The van der Waals surface area contributed by atoms with E-state index < -0.39 is 0 Å². The lowest BCUT2D eigenvalue weighted by Gasteiger charge is -1.97. The zero-order valence-corrected chi connectivity index (χ0v) is 7.93. The summed E-state index contributed by atoms with van der Waals surface area (Å²) in [5.74, 6) is 0. The Kier molecular flexibility index (Phi) is 1.90. The average molecular weight is 226 g/mol. The molecule has 3 heteroatoms. The van der Waals surface area contributed by atoms with E-state index in [9.17, 15) is 0 Å². The summed E-state index contributed by atoms with van der Waals surface area (Å²) in [5, 5.41) is 10.1. The van der Waals surface area contributed by atoms with Gasteiger partial charge in [-0.2, -0.15) is 0 Å². The van der Waals surface area contributed by atoms with Gasteiger partial charge in [0.15, 0.2) is 0 Å². The molecule has 2 N–H and O–H groups in total. The lowest BCUT2D eigenvalue weighted by molar-refractivity contribution is 0.283. The number of nitrogens with one attached hydrogen (secondary N) is 1. The maximum Gasteiger partial charge on any atom is 0.0702 e. The number of halogens is 1. The van der Waals surface area contributed by atoms with Crippen molar-refractivity contribution in [2.45, 2.75) is 6.61 Å². The second-order valence-electron chi connectivity index (χ2n) is 2.63. The quantitative estimate of drug-likeness (QED) is 0.769. The normalized spacial score (nSPS) is 10.8. The number of fused-ring (bicyclic) bond motifs is 1. The molecular formula is C9H8BrNO. The number of para-hydroxylation sites is 1. The molecule has 0 radical (unpaired) electrons. The van der Waals surface area contributed by atoms with Crippen LogP contribution in [0.4, 0.5) is 0 Å². The smallest absolute Gasteiger partial charge is 0.0702 e. The van der Waals surface area contributed by atoms with Crippen LogP contribution in [0.1, 0.15) is 5.56 Å². The molecule has 0 aliphatic carbocycles. The molecule has 12 heavy (non-hydrogen) atoms. The van der Waals surface area contributed by atoms with Gasteiger partial charge in [0.2, 0.25) is 0 Å². The summed E-state index contributed by atoms with van der Waals surface area (Å²) in [6.07, 6.45) is 1.88. The monoisotopic (exact) mass is 225 g/mol. The van der Waals surface area contributed by atoms with Gasteiger partial charge in [0.05, 0.1) is 12.1 Å². The van der Waals surface area contributed by atoms with Crippen LogP contribution < -0.4 is 0 Å². The molecule has 0 aliphatic heterocycles. The average Bonchev–Trinajstić information content (AvgIpc) is 2.48. The molecule has 0 aliphatic rings. The number of hydrogen-bond donors (Lipinski definition) is 2. The van der Waals surface area contributed by atoms with Crippen molar-refractivity contribution < 1.29 is 5.11 Å². The van der Waals surface area contributed by atoms with Crippen molar-refractivity contribution in [2.24, 2.45) is 0 Å². The van der Waals surface area contributed by atoms with Gasteiger partial charge in [0.25, 0.3) is 0 Å².